The normalized spacial score (nSPS) is 21.1. The van der Waals surface area contributed by atoms with Gasteiger partial charge >= 0.3 is 0 Å². The molecule has 2 saturated heterocycles. The molecule has 1 aromatic carbocycles. The van der Waals surface area contributed by atoms with E-state index in [9.17, 15) is 4.79 Å². The molecule has 2 aliphatic heterocycles. The van der Waals surface area contributed by atoms with Crippen LogP contribution in [0.25, 0.3) is 0 Å². The lowest BCUT2D eigenvalue weighted by atomic mass is 9.83. The Morgan fingerprint density at radius 3 is 2.52 bits per heavy atom. The summed E-state index contributed by atoms with van der Waals surface area (Å²) in [6.07, 6.45) is 5.26. The van der Waals surface area contributed by atoms with Crippen molar-refractivity contribution in [3.63, 3.8) is 0 Å². The van der Waals surface area contributed by atoms with Crippen molar-refractivity contribution >= 4 is 5.91 Å². The molecule has 0 aromatic heterocycles. The first kappa shape index (κ1) is 18.2. The number of carbonyl (C=O) groups is 1. The van der Waals surface area contributed by atoms with Crippen LogP contribution in [0.15, 0.2) is 30.3 Å². The van der Waals surface area contributed by atoms with E-state index in [1.54, 1.807) is 0 Å². The van der Waals surface area contributed by atoms with Gasteiger partial charge in [-0.3, -0.25) is 4.79 Å². The van der Waals surface area contributed by atoms with Crippen molar-refractivity contribution in [2.75, 3.05) is 32.8 Å². The number of hydrogen-bond acceptors (Lipinski definition) is 3. The van der Waals surface area contributed by atoms with Crippen molar-refractivity contribution in [3.8, 4) is 5.75 Å². The number of ether oxygens (including phenoxy) is 1. The van der Waals surface area contributed by atoms with Gasteiger partial charge in [0.15, 0.2) is 0 Å². The Kier molecular flexibility index (Phi) is 6.74. The molecule has 1 atom stereocenters. The summed E-state index contributed by atoms with van der Waals surface area (Å²) in [7, 11) is 0. The molecule has 2 heterocycles. The van der Waals surface area contributed by atoms with E-state index in [4.69, 9.17) is 4.74 Å². The van der Waals surface area contributed by atoms with E-state index < -0.39 is 0 Å². The standard InChI is InChI=1S/C21H32N2O2/c1-17(19-7-11-22-12-8-19)15-21(24)23-13-9-18(10-14-23)16-25-20-5-3-2-4-6-20/h2-6,17-19,22H,7-16H2,1H3. The van der Waals surface area contributed by atoms with Crippen LogP contribution in [-0.4, -0.2) is 43.6 Å². The van der Waals surface area contributed by atoms with Crippen LogP contribution in [0.2, 0.25) is 0 Å². The zero-order chi connectivity index (χ0) is 17.5. The number of nitrogens with one attached hydrogen (secondary N) is 1. The van der Waals surface area contributed by atoms with Crippen molar-refractivity contribution in [3.05, 3.63) is 30.3 Å². The molecule has 1 unspecified atom stereocenters. The summed E-state index contributed by atoms with van der Waals surface area (Å²) in [5.41, 5.74) is 0. The summed E-state index contributed by atoms with van der Waals surface area (Å²) in [5.74, 6) is 3.08. The first-order chi connectivity index (χ1) is 12.2. The molecule has 0 saturated carbocycles. The van der Waals surface area contributed by atoms with Crippen molar-refractivity contribution in [1.82, 2.24) is 10.2 Å². The van der Waals surface area contributed by atoms with Crippen molar-refractivity contribution < 1.29 is 9.53 Å². The number of piperidine rings is 2. The fraction of sp³-hybridized carbons (Fsp3) is 0.667. The zero-order valence-electron chi connectivity index (χ0n) is 15.5. The van der Waals surface area contributed by atoms with Crippen LogP contribution in [0.4, 0.5) is 0 Å². The van der Waals surface area contributed by atoms with Crippen LogP contribution < -0.4 is 10.1 Å². The monoisotopic (exact) mass is 344 g/mol. The third-order valence-electron chi connectivity index (χ3n) is 5.88. The van der Waals surface area contributed by atoms with Gasteiger partial charge in [0.1, 0.15) is 5.75 Å². The fourth-order valence-corrected chi connectivity index (χ4v) is 4.06. The van der Waals surface area contributed by atoms with Crippen molar-refractivity contribution in [2.24, 2.45) is 17.8 Å². The maximum Gasteiger partial charge on any atom is 0.222 e. The summed E-state index contributed by atoms with van der Waals surface area (Å²) in [6, 6.07) is 10.0. The highest BCUT2D eigenvalue weighted by molar-refractivity contribution is 5.76. The first-order valence-corrected chi connectivity index (χ1v) is 9.88. The number of amides is 1. The largest absolute Gasteiger partial charge is 0.493 e. The number of nitrogens with zero attached hydrogens (tertiary/aromatic N) is 1. The molecular weight excluding hydrogens is 312 g/mol. The van der Waals surface area contributed by atoms with E-state index >= 15 is 0 Å². The molecule has 0 spiro atoms. The van der Waals surface area contributed by atoms with E-state index in [0.717, 1.165) is 57.8 Å². The molecule has 1 N–H and O–H groups in total. The molecule has 2 aliphatic rings. The number of hydrogen-bond donors (Lipinski definition) is 1. The van der Waals surface area contributed by atoms with Crippen molar-refractivity contribution in [2.45, 2.75) is 39.0 Å². The smallest absolute Gasteiger partial charge is 0.222 e. The number of rotatable bonds is 6. The van der Waals surface area contributed by atoms with Gasteiger partial charge in [-0.15, -0.1) is 0 Å². The molecule has 0 aliphatic carbocycles. The summed E-state index contributed by atoms with van der Waals surface area (Å²) in [4.78, 5) is 14.7. The van der Waals surface area contributed by atoms with Gasteiger partial charge in [-0.1, -0.05) is 25.1 Å². The number of carbonyl (C=O) groups excluding carboxylic acids is 1. The zero-order valence-corrected chi connectivity index (χ0v) is 15.5. The molecule has 1 amide bonds. The van der Waals surface area contributed by atoms with Gasteiger partial charge in [0.2, 0.25) is 5.91 Å². The summed E-state index contributed by atoms with van der Waals surface area (Å²) in [6.45, 7) is 7.01. The Morgan fingerprint density at radius 2 is 1.84 bits per heavy atom. The first-order valence-electron chi connectivity index (χ1n) is 9.88. The van der Waals surface area contributed by atoms with Crippen LogP contribution >= 0.6 is 0 Å². The summed E-state index contributed by atoms with van der Waals surface area (Å²) in [5, 5.41) is 3.41. The molecule has 3 rings (SSSR count). The summed E-state index contributed by atoms with van der Waals surface area (Å²) >= 11 is 0. The lowest BCUT2D eigenvalue weighted by molar-refractivity contribution is -0.134. The van der Waals surface area contributed by atoms with Crippen LogP contribution in [0, 0.1) is 17.8 Å². The molecule has 4 nitrogen and oxygen atoms in total. The van der Waals surface area contributed by atoms with Gasteiger partial charge in [-0.25, -0.2) is 0 Å². The van der Waals surface area contributed by atoms with E-state index in [-0.39, 0.29) is 0 Å². The molecule has 138 valence electrons. The Bertz CT molecular complexity index is 520. The predicted octanol–water partition coefficient (Wildman–Crippen LogP) is 3.33. The Balaban J connectivity index is 1.37. The maximum absolute atomic E-state index is 12.6. The van der Waals surface area contributed by atoms with Gasteiger partial charge in [0, 0.05) is 19.5 Å². The Morgan fingerprint density at radius 1 is 1.16 bits per heavy atom. The lowest BCUT2D eigenvalue weighted by Crippen LogP contribution is -2.41. The van der Waals surface area contributed by atoms with Crippen LogP contribution in [0.3, 0.4) is 0 Å². The fourth-order valence-electron chi connectivity index (χ4n) is 4.06. The molecule has 0 radical (unpaired) electrons. The van der Waals surface area contributed by atoms with Gasteiger partial charge in [-0.2, -0.15) is 0 Å². The molecular formula is C21H32N2O2. The number of likely N-dealkylation sites (tertiary alicyclic amines) is 1. The van der Waals surface area contributed by atoms with E-state index in [0.29, 0.717) is 23.7 Å². The Labute approximate surface area is 151 Å². The van der Waals surface area contributed by atoms with Crippen molar-refractivity contribution in [1.29, 1.82) is 0 Å². The molecule has 1 aromatic rings. The lowest BCUT2D eigenvalue weighted by Gasteiger charge is -2.34. The van der Waals surface area contributed by atoms with Crippen LogP contribution in [0.5, 0.6) is 5.75 Å². The van der Waals surface area contributed by atoms with E-state index in [1.165, 1.54) is 12.8 Å². The molecule has 4 heteroatoms. The second-order valence-electron chi connectivity index (χ2n) is 7.72. The maximum atomic E-state index is 12.6. The van der Waals surface area contributed by atoms with Gasteiger partial charge in [0.05, 0.1) is 6.61 Å². The van der Waals surface area contributed by atoms with E-state index in [2.05, 4.69) is 17.1 Å². The van der Waals surface area contributed by atoms with Gasteiger partial charge < -0.3 is 15.0 Å². The molecule has 0 bridgehead atoms. The van der Waals surface area contributed by atoms with Crippen LogP contribution in [-0.2, 0) is 4.79 Å². The van der Waals surface area contributed by atoms with Gasteiger partial charge in [-0.05, 0) is 68.7 Å². The minimum atomic E-state index is 0.355. The third kappa shape index (κ3) is 5.46. The minimum absolute atomic E-state index is 0.355. The predicted molar refractivity (Wildman–Crippen MR) is 101 cm³/mol. The second kappa shape index (κ2) is 9.23. The SMILES string of the molecule is CC(CC(=O)N1CCC(COc2ccccc2)CC1)C1CCNCC1. The average Bonchev–Trinajstić information content (AvgIpc) is 2.68. The topological polar surface area (TPSA) is 41.6 Å². The summed E-state index contributed by atoms with van der Waals surface area (Å²) < 4.78 is 5.88. The van der Waals surface area contributed by atoms with Gasteiger partial charge in [0.25, 0.3) is 0 Å². The molecule has 2 fully saturated rings. The van der Waals surface area contributed by atoms with Crippen LogP contribution in [0.1, 0.15) is 39.0 Å². The second-order valence-corrected chi connectivity index (χ2v) is 7.72. The quantitative estimate of drug-likeness (QED) is 0.861. The minimum Gasteiger partial charge on any atom is -0.493 e. The number of para-hydroxylation sites is 1. The highest BCUT2D eigenvalue weighted by atomic mass is 16.5. The average molecular weight is 344 g/mol. The van der Waals surface area contributed by atoms with E-state index in [1.807, 2.05) is 30.3 Å². The third-order valence-corrected chi connectivity index (χ3v) is 5.88. The highest BCUT2D eigenvalue weighted by Gasteiger charge is 2.27. The molecule has 25 heavy (non-hydrogen) atoms. The number of benzene rings is 1. The highest BCUT2D eigenvalue weighted by Crippen LogP contribution is 2.26. The Hall–Kier alpha value is -1.55.